The van der Waals surface area contributed by atoms with Gasteiger partial charge in [0.1, 0.15) is 5.82 Å². The molecule has 0 saturated carbocycles. The third kappa shape index (κ3) is 4.25. The molecule has 0 fully saturated rings. The maximum absolute atomic E-state index is 11.9. The second kappa shape index (κ2) is 9.06. The first-order chi connectivity index (χ1) is 15.5. The van der Waals surface area contributed by atoms with E-state index in [1.807, 2.05) is 56.3 Å². The van der Waals surface area contributed by atoms with Gasteiger partial charge in [0.25, 0.3) is 0 Å². The van der Waals surface area contributed by atoms with Crippen LogP contribution in [0.3, 0.4) is 0 Å². The van der Waals surface area contributed by atoms with E-state index >= 15 is 0 Å². The molecule has 4 rings (SSSR count). The fourth-order valence-electron chi connectivity index (χ4n) is 3.66. The Morgan fingerprint density at radius 3 is 2.50 bits per heavy atom. The molecule has 162 valence electrons. The van der Waals surface area contributed by atoms with Crippen LogP contribution in [-0.4, -0.2) is 25.8 Å². The summed E-state index contributed by atoms with van der Waals surface area (Å²) in [5, 5.41) is 17.9. The third-order valence-electron chi connectivity index (χ3n) is 5.51. The average molecular weight is 427 g/mol. The SMILES string of the molecule is CCc1cccc(-c2cc(Nc3ccc(CC)cc3C(=O)O)n(-c3ncccc3C)n2)c1. The average Bonchev–Trinajstić information content (AvgIpc) is 3.23. The van der Waals surface area contributed by atoms with E-state index in [9.17, 15) is 9.90 Å². The number of nitrogens with one attached hydrogen (secondary N) is 1. The summed E-state index contributed by atoms with van der Waals surface area (Å²) < 4.78 is 1.74. The topological polar surface area (TPSA) is 80.0 Å². The van der Waals surface area contributed by atoms with Crippen LogP contribution in [0.25, 0.3) is 17.1 Å². The molecular formula is C26H26N4O2. The number of carboxylic acids is 1. The maximum atomic E-state index is 11.9. The summed E-state index contributed by atoms with van der Waals surface area (Å²) in [5.41, 5.74) is 5.69. The molecule has 0 aliphatic heterocycles. The molecule has 0 bridgehead atoms. The second-order valence-electron chi connectivity index (χ2n) is 7.69. The largest absolute Gasteiger partial charge is 0.478 e. The molecular weight excluding hydrogens is 400 g/mol. The van der Waals surface area contributed by atoms with E-state index < -0.39 is 5.97 Å². The van der Waals surface area contributed by atoms with Crippen molar-refractivity contribution in [1.82, 2.24) is 14.8 Å². The highest BCUT2D eigenvalue weighted by Gasteiger charge is 2.17. The van der Waals surface area contributed by atoms with E-state index in [2.05, 4.69) is 29.4 Å². The number of carboxylic acid groups (broad SMARTS) is 1. The number of hydrogen-bond acceptors (Lipinski definition) is 4. The van der Waals surface area contributed by atoms with Crippen molar-refractivity contribution in [2.45, 2.75) is 33.6 Å². The van der Waals surface area contributed by atoms with Crippen molar-refractivity contribution in [2.24, 2.45) is 0 Å². The Hall–Kier alpha value is -3.93. The van der Waals surface area contributed by atoms with E-state index in [1.165, 1.54) is 5.56 Å². The van der Waals surface area contributed by atoms with Crippen LogP contribution >= 0.6 is 0 Å². The molecule has 0 unspecified atom stereocenters. The smallest absolute Gasteiger partial charge is 0.337 e. The van der Waals surface area contributed by atoms with Crippen LogP contribution in [0.1, 0.15) is 40.9 Å². The highest BCUT2D eigenvalue weighted by atomic mass is 16.4. The first-order valence-corrected chi connectivity index (χ1v) is 10.7. The summed E-state index contributed by atoms with van der Waals surface area (Å²) in [4.78, 5) is 16.4. The fraction of sp³-hybridized carbons (Fsp3) is 0.192. The first-order valence-electron chi connectivity index (χ1n) is 10.7. The number of rotatable bonds is 7. The van der Waals surface area contributed by atoms with Crippen molar-refractivity contribution in [2.75, 3.05) is 5.32 Å². The van der Waals surface area contributed by atoms with Gasteiger partial charge in [0.15, 0.2) is 5.82 Å². The Morgan fingerprint density at radius 1 is 1.00 bits per heavy atom. The summed E-state index contributed by atoms with van der Waals surface area (Å²) in [6.45, 7) is 6.10. The van der Waals surface area contributed by atoms with Crippen LogP contribution in [0.5, 0.6) is 0 Å². The number of aryl methyl sites for hydroxylation is 3. The van der Waals surface area contributed by atoms with E-state index in [4.69, 9.17) is 5.10 Å². The van der Waals surface area contributed by atoms with Crippen molar-refractivity contribution in [3.63, 3.8) is 0 Å². The van der Waals surface area contributed by atoms with Crippen LogP contribution in [-0.2, 0) is 12.8 Å². The van der Waals surface area contributed by atoms with Crippen LogP contribution in [0.15, 0.2) is 66.9 Å². The Kier molecular flexibility index (Phi) is 6.03. The molecule has 2 N–H and O–H groups in total. The molecule has 0 saturated heterocycles. The molecule has 0 atom stereocenters. The monoisotopic (exact) mass is 426 g/mol. The van der Waals surface area contributed by atoms with Gasteiger partial charge in [-0.15, -0.1) is 0 Å². The van der Waals surface area contributed by atoms with Crippen LogP contribution in [0.2, 0.25) is 0 Å². The lowest BCUT2D eigenvalue weighted by Crippen LogP contribution is -2.09. The predicted molar refractivity (Wildman–Crippen MR) is 127 cm³/mol. The number of anilines is 2. The highest BCUT2D eigenvalue weighted by molar-refractivity contribution is 5.95. The van der Waals surface area contributed by atoms with Crippen LogP contribution in [0, 0.1) is 6.92 Å². The van der Waals surface area contributed by atoms with Crippen molar-refractivity contribution >= 4 is 17.5 Å². The van der Waals surface area contributed by atoms with E-state index in [0.717, 1.165) is 35.2 Å². The van der Waals surface area contributed by atoms with Gasteiger partial charge in [-0.3, -0.25) is 0 Å². The summed E-state index contributed by atoms with van der Waals surface area (Å²) in [6, 6.07) is 19.5. The Bertz CT molecular complexity index is 1280. The van der Waals surface area contributed by atoms with Gasteiger partial charge in [-0.25, -0.2) is 9.78 Å². The molecule has 6 nitrogen and oxygen atoms in total. The number of aromatic carboxylic acids is 1. The second-order valence-corrected chi connectivity index (χ2v) is 7.69. The molecule has 0 radical (unpaired) electrons. The number of benzene rings is 2. The zero-order valence-corrected chi connectivity index (χ0v) is 18.5. The van der Waals surface area contributed by atoms with Gasteiger partial charge in [-0.1, -0.05) is 44.2 Å². The molecule has 0 aliphatic carbocycles. The van der Waals surface area contributed by atoms with Crippen molar-refractivity contribution in [3.8, 4) is 17.1 Å². The van der Waals surface area contributed by atoms with E-state index in [-0.39, 0.29) is 5.56 Å². The summed E-state index contributed by atoms with van der Waals surface area (Å²) >= 11 is 0. The predicted octanol–water partition coefficient (Wildman–Crippen LogP) is 5.81. The lowest BCUT2D eigenvalue weighted by molar-refractivity contribution is 0.0698. The molecule has 0 spiro atoms. The number of hydrogen-bond donors (Lipinski definition) is 2. The number of aromatic nitrogens is 3. The zero-order valence-electron chi connectivity index (χ0n) is 18.5. The third-order valence-corrected chi connectivity index (χ3v) is 5.51. The summed E-state index contributed by atoms with van der Waals surface area (Å²) in [7, 11) is 0. The Morgan fingerprint density at radius 2 is 1.78 bits per heavy atom. The lowest BCUT2D eigenvalue weighted by Gasteiger charge is -2.13. The summed E-state index contributed by atoms with van der Waals surface area (Å²) in [6.07, 6.45) is 3.43. The summed E-state index contributed by atoms with van der Waals surface area (Å²) in [5.74, 6) is 0.365. The minimum absolute atomic E-state index is 0.226. The zero-order chi connectivity index (χ0) is 22.7. The van der Waals surface area contributed by atoms with Crippen molar-refractivity contribution in [1.29, 1.82) is 0 Å². The van der Waals surface area contributed by atoms with Crippen LogP contribution < -0.4 is 5.32 Å². The van der Waals surface area contributed by atoms with Gasteiger partial charge in [0.05, 0.1) is 16.9 Å². The molecule has 4 aromatic rings. The van der Waals surface area contributed by atoms with E-state index in [0.29, 0.717) is 17.3 Å². The number of carbonyl (C=O) groups is 1. The minimum atomic E-state index is -0.973. The quantitative estimate of drug-likeness (QED) is 0.390. The fourth-order valence-corrected chi connectivity index (χ4v) is 3.66. The minimum Gasteiger partial charge on any atom is -0.478 e. The molecule has 2 heterocycles. The van der Waals surface area contributed by atoms with Gasteiger partial charge in [0.2, 0.25) is 0 Å². The molecule has 2 aromatic carbocycles. The molecule has 0 amide bonds. The molecule has 2 aromatic heterocycles. The van der Waals surface area contributed by atoms with Crippen molar-refractivity contribution < 1.29 is 9.90 Å². The van der Waals surface area contributed by atoms with Crippen molar-refractivity contribution in [3.05, 3.63) is 89.1 Å². The molecule has 6 heteroatoms. The molecule has 0 aliphatic rings. The van der Waals surface area contributed by atoms with Gasteiger partial charge in [-0.05, 0) is 60.7 Å². The van der Waals surface area contributed by atoms with Gasteiger partial charge in [-0.2, -0.15) is 9.78 Å². The molecule has 32 heavy (non-hydrogen) atoms. The lowest BCUT2D eigenvalue weighted by atomic mass is 10.1. The first kappa shape index (κ1) is 21.3. The van der Waals surface area contributed by atoms with Gasteiger partial charge < -0.3 is 10.4 Å². The van der Waals surface area contributed by atoms with Gasteiger partial charge >= 0.3 is 5.97 Å². The Labute approximate surface area is 187 Å². The van der Waals surface area contributed by atoms with Crippen LogP contribution in [0.4, 0.5) is 11.5 Å². The standard InChI is InChI=1S/C26H26N4O2/c1-4-18-9-6-10-20(14-18)23-16-24(30(29-23)25-17(3)8-7-13-27-25)28-22-12-11-19(5-2)15-21(22)26(31)32/h6-16,28H,4-5H2,1-3H3,(H,31,32). The number of pyridine rings is 1. The Balaban J connectivity index is 1.85. The normalized spacial score (nSPS) is 10.8. The highest BCUT2D eigenvalue weighted by Crippen LogP contribution is 2.30. The van der Waals surface area contributed by atoms with Gasteiger partial charge in [0, 0.05) is 17.8 Å². The number of nitrogens with zero attached hydrogens (tertiary/aromatic N) is 3. The maximum Gasteiger partial charge on any atom is 0.337 e. The van der Waals surface area contributed by atoms with E-state index in [1.54, 1.807) is 16.9 Å².